The molecule has 0 aromatic heterocycles. The number of alkyl halides is 1. The zero-order chi connectivity index (χ0) is 12.2. The predicted octanol–water partition coefficient (Wildman–Crippen LogP) is 3.58. The fourth-order valence-corrected chi connectivity index (χ4v) is 1.41. The number of hydrogen-bond donors (Lipinski definition) is 0. The summed E-state index contributed by atoms with van der Waals surface area (Å²) in [6.07, 6.45) is 0. The molecule has 0 saturated carbocycles. The molecule has 0 aliphatic rings. The van der Waals surface area contributed by atoms with Crippen molar-refractivity contribution in [2.75, 3.05) is 6.61 Å². The molecule has 0 atom stereocenters. The van der Waals surface area contributed by atoms with Gasteiger partial charge in [0, 0.05) is 5.33 Å². The summed E-state index contributed by atoms with van der Waals surface area (Å²) >= 11 is 3.39. The standard InChI is InChI=1S/C13H17BrO2/c1-10(15)13(2,3)9-16-12-6-4-11(8-14)5-7-12/h4-7H,8-9H2,1-3H3. The summed E-state index contributed by atoms with van der Waals surface area (Å²) in [5.74, 6) is 0.948. The van der Waals surface area contributed by atoms with E-state index in [9.17, 15) is 4.79 Å². The first-order valence-electron chi connectivity index (χ1n) is 5.24. The van der Waals surface area contributed by atoms with Crippen LogP contribution in [0.2, 0.25) is 0 Å². The van der Waals surface area contributed by atoms with Crippen LogP contribution >= 0.6 is 15.9 Å². The third-order valence-electron chi connectivity index (χ3n) is 2.63. The molecule has 0 amide bonds. The normalized spacial score (nSPS) is 11.2. The van der Waals surface area contributed by atoms with E-state index >= 15 is 0 Å². The maximum absolute atomic E-state index is 11.3. The Bertz CT molecular complexity index is 355. The highest BCUT2D eigenvalue weighted by atomic mass is 79.9. The van der Waals surface area contributed by atoms with Gasteiger partial charge in [-0.25, -0.2) is 0 Å². The summed E-state index contributed by atoms with van der Waals surface area (Å²) in [5, 5.41) is 0.840. The highest BCUT2D eigenvalue weighted by Crippen LogP contribution is 2.20. The minimum atomic E-state index is -0.423. The largest absolute Gasteiger partial charge is 0.493 e. The van der Waals surface area contributed by atoms with Crippen LogP contribution in [0.15, 0.2) is 24.3 Å². The van der Waals surface area contributed by atoms with E-state index in [4.69, 9.17) is 4.74 Å². The second kappa shape index (κ2) is 5.48. The summed E-state index contributed by atoms with van der Waals surface area (Å²) in [7, 11) is 0. The van der Waals surface area contributed by atoms with Crippen molar-refractivity contribution < 1.29 is 9.53 Å². The van der Waals surface area contributed by atoms with E-state index in [0.717, 1.165) is 11.1 Å². The fourth-order valence-electron chi connectivity index (χ4n) is 1.04. The summed E-state index contributed by atoms with van der Waals surface area (Å²) in [5.41, 5.74) is 0.784. The second-order valence-electron chi connectivity index (χ2n) is 4.51. The van der Waals surface area contributed by atoms with E-state index in [1.54, 1.807) is 6.92 Å². The topological polar surface area (TPSA) is 26.3 Å². The zero-order valence-corrected chi connectivity index (χ0v) is 11.5. The SMILES string of the molecule is CC(=O)C(C)(C)COc1ccc(CBr)cc1. The minimum Gasteiger partial charge on any atom is -0.493 e. The molecule has 1 aromatic carbocycles. The van der Waals surface area contributed by atoms with Crippen molar-refractivity contribution in [2.24, 2.45) is 5.41 Å². The van der Waals surface area contributed by atoms with Crippen LogP contribution in [-0.4, -0.2) is 12.4 Å². The molecule has 0 bridgehead atoms. The van der Waals surface area contributed by atoms with E-state index in [1.165, 1.54) is 5.56 Å². The van der Waals surface area contributed by atoms with Gasteiger partial charge in [-0.05, 0) is 38.5 Å². The molecule has 0 heterocycles. The fraction of sp³-hybridized carbons (Fsp3) is 0.462. The van der Waals surface area contributed by atoms with Gasteiger partial charge in [0.05, 0.1) is 5.41 Å². The molecule has 88 valence electrons. The molecule has 3 heteroatoms. The molecule has 0 N–H and O–H groups in total. The van der Waals surface area contributed by atoms with Crippen LogP contribution in [0.4, 0.5) is 0 Å². The number of rotatable bonds is 5. The van der Waals surface area contributed by atoms with Gasteiger partial charge >= 0.3 is 0 Å². The monoisotopic (exact) mass is 284 g/mol. The van der Waals surface area contributed by atoms with Gasteiger partial charge in [-0.15, -0.1) is 0 Å². The van der Waals surface area contributed by atoms with Gasteiger partial charge < -0.3 is 4.74 Å². The molecule has 1 aromatic rings. The maximum Gasteiger partial charge on any atom is 0.138 e. The van der Waals surface area contributed by atoms with Crippen molar-refractivity contribution >= 4 is 21.7 Å². The molecule has 0 unspecified atom stereocenters. The van der Waals surface area contributed by atoms with Crippen LogP contribution in [0.1, 0.15) is 26.3 Å². The Morgan fingerprint density at radius 2 is 1.88 bits per heavy atom. The van der Waals surface area contributed by atoms with Crippen LogP contribution in [0, 0.1) is 5.41 Å². The molecule has 0 saturated heterocycles. The van der Waals surface area contributed by atoms with Gasteiger partial charge in [0.15, 0.2) is 0 Å². The van der Waals surface area contributed by atoms with Crippen molar-refractivity contribution in [3.8, 4) is 5.75 Å². The first-order chi connectivity index (χ1) is 7.45. The van der Waals surface area contributed by atoms with Crippen molar-refractivity contribution in [1.82, 2.24) is 0 Å². The lowest BCUT2D eigenvalue weighted by Gasteiger charge is -2.21. The number of benzene rings is 1. The van der Waals surface area contributed by atoms with E-state index in [0.29, 0.717) is 6.61 Å². The van der Waals surface area contributed by atoms with E-state index in [2.05, 4.69) is 15.9 Å². The lowest BCUT2D eigenvalue weighted by atomic mass is 9.90. The number of carbonyl (C=O) groups excluding carboxylic acids is 1. The minimum absolute atomic E-state index is 0.143. The Hall–Kier alpha value is -0.830. The molecular weight excluding hydrogens is 268 g/mol. The Balaban J connectivity index is 2.58. The number of Topliss-reactive ketones (excluding diaryl/α,β-unsaturated/α-hetero) is 1. The van der Waals surface area contributed by atoms with Gasteiger partial charge in [-0.1, -0.05) is 28.1 Å². The summed E-state index contributed by atoms with van der Waals surface area (Å²) < 4.78 is 5.60. The first-order valence-corrected chi connectivity index (χ1v) is 6.36. The third-order valence-corrected chi connectivity index (χ3v) is 3.28. The van der Waals surface area contributed by atoms with Crippen molar-refractivity contribution in [3.05, 3.63) is 29.8 Å². The third kappa shape index (κ3) is 3.63. The maximum atomic E-state index is 11.3. The summed E-state index contributed by atoms with van der Waals surface area (Å²) in [6.45, 7) is 5.79. The second-order valence-corrected chi connectivity index (χ2v) is 5.07. The molecule has 0 fully saturated rings. The average molecular weight is 285 g/mol. The Morgan fingerprint density at radius 1 is 1.31 bits per heavy atom. The van der Waals surface area contributed by atoms with Crippen molar-refractivity contribution in [3.63, 3.8) is 0 Å². The molecule has 0 aliphatic heterocycles. The van der Waals surface area contributed by atoms with Crippen LogP contribution in [-0.2, 0) is 10.1 Å². The molecular formula is C13H17BrO2. The number of ketones is 1. The number of halogens is 1. The first kappa shape index (κ1) is 13.2. The summed E-state index contributed by atoms with van der Waals surface area (Å²) in [6, 6.07) is 7.86. The predicted molar refractivity (Wildman–Crippen MR) is 69.0 cm³/mol. The highest BCUT2D eigenvalue weighted by Gasteiger charge is 2.24. The van der Waals surface area contributed by atoms with Crippen LogP contribution in [0.5, 0.6) is 5.75 Å². The van der Waals surface area contributed by atoms with Crippen LogP contribution < -0.4 is 4.74 Å². The van der Waals surface area contributed by atoms with Gasteiger partial charge in [0.1, 0.15) is 18.1 Å². The Morgan fingerprint density at radius 3 is 2.31 bits per heavy atom. The molecule has 0 spiro atoms. The number of ether oxygens (including phenoxy) is 1. The average Bonchev–Trinajstić information content (AvgIpc) is 2.27. The van der Waals surface area contributed by atoms with E-state index in [-0.39, 0.29) is 5.78 Å². The van der Waals surface area contributed by atoms with Crippen molar-refractivity contribution in [2.45, 2.75) is 26.1 Å². The molecule has 1 rings (SSSR count). The molecule has 16 heavy (non-hydrogen) atoms. The van der Waals surface area contributed by atoms with Crippen LogP contribution in [0.25, 0.3) is 0 Å². The Labute approximate surface area is 105 Å². The smallest absolute Gasteiger partial charge is 0.138 e. The lowest BCUT2D eigenvalue weighted by molar-refractivity contribution is -0.126. The Kier molecular flexibility index (Phi) is 4.54. The van der Waals surface area contributed by atoms with Gasteiger partial charge in [0.25, 0.3) is 0 Å². The van der Waals surface area contributed by atoms with Crippen molar-refractivity contribution in [1.29, 1.82) is 0 Å². The molecule has 0 radical (unpaired) electrons. The van der Waals surface area contributed by atoms with Gasteiger partial charge in [0.2, 0.25) is 0 Å². The lowest BCUT2D eigenvalue weighted by Crippen LogP contribution is -2.28. The highest BCUT2D eigenvalue weighted by molar-refractivity contribution is 9.08. The quantitative estimate of drug-likeness (QED) is 0.773. The number of carbonyl (C=O) groups is 1. The summed E-state index contributed by atoms with van der Waals surface area (Å²) in [4.78, 5) is 11.3. The molecule has 0 aliphatic carbocycles. The molecule has 2 nitrogen and oxygen atoms in total. The van der Waals surface area contributed by atoms with Crippen LogP contribution in [0.3, 0.4) is 0 Å². The van der Waals surface area contributed by atoms with E-state index < -0.39 is 5.41 Å². The van der Waals surface area contributed by atoms with Gasteiger partial charge in [-0.2, -0.15) is 0 Å². The number of hydrogen-bond acceptors (Lipinski definition) is 2. The zero-order valence-electron chi connectivity index (χ0n) is 9.92. The van der Waals surface area contributed by atoms with Gasteiger partial charge in [-0.3, -0.25) is 4.79 Å². The van der Waals surface area contributed by atoms with E-state index in [1.807, 2.05) is 38.1 Å².